The SMILES string of the molecule is CCC(C)C(N)C(=O)NCCc1cccs1.Cl. The lowest BCUT2D eigenvalue weighted by molar-refractivity contribution is -0.123. The quantitative estimate of drug-likeness (QED) is 0.837. The van der Waals surface area contributed by atoms with E-state index in [9.17, 15) is 4.79 Å². The summed E-state index contributed by atoms with van der Waals surface area (Å²) in [6, 6.07) is 3.71. The maximum atomic E-state index is 11.6. The van der Waals surface area contributed by atoms with E-state index in [2.05, 4.69) is 11.4 Å². The number of carbonyl (C=O) groups is 1. The van der Waals surface area contributed by atoms with Gasteiger partial charge in [0.2, 0.25) is 5.91 Å². The molecule has 3 nitrogen and oxygen atoms in total. The van der Waals surface area contributed by atoms with Gasteiger partial charge in [-0.2, -0.15) is 0 Å². The number of rotatable bonds is 6. The lowest BCUT2D eigenvalue weighted by atomic mass is 9.99. The number of hydrogen-bond acceptors (Lipinski definition) is 3. The molecule has 0 aliphatic rings. The zero-order valence-corrected chi connectivity index (χ0v) is 11.9. The van der Waals surface area contributed by atoms with Crippen LogP contribution in [0, 0.1) is 5.92 Å². The Morgan fingerprint density at radius 1 is 1.59 bits per heavy atom. The molecule has 17 heavy (non-hydrogen) atoms. The minimum absolute atomic E-state index is 0. The third-order valence-electron chi connectivity index (χ3n) is 2.81. The highest BCUT2D eigenvalue weighted by atomic mass is 35.5. The lowest BCUT2D eigenvalue weighted by Crippen LogP contribution is -2.45. The summed E-state index contributed by atoms with van der Waals surface area (Å²) in [5.41, 5.74) is 5.82. The molecule has 1 heterocycles. The summed E-state index contributed by atoms with van der Waals surface area (Å²) in [5.74, 6) is 0.202. The van der Waals surface area contributed by atoms with Gasteiger partial charge in [0.1, 0.15) is 0 Å². The average Bonchev–Trinajstić information content (AvgIpc) is 2.79. The number of halogens is 1. The van der Waals surface area contributed by atoms with E-state index in [1.165, 1.54) is 4.88 Å². The van der Waals surface area contributed by atoms with Crippen molar-refractivity contribution < 1.29 is 4.79 Å². The smallest absolute Gasteiger partial charge is 0.237 e. The van der Waals surface area contributed by atoms with Gasteiger partial charge in [-0.15, -0.1) is 23.7 Å². The Morgan fingerprint density at radius 3 is 2.82 bits per heavy atom. The molecule has 1 amide bonds. The Kier molecular flexibility index (Phi) is 8.21. The second-order valence-corrected chi connectivity index (χ2v) is 5.06. The molecule has 0 radical (unpaired) electrons. The van der Waals surface area contributed by atoms with Gasteiger partial charge in [-0.3, -0.25) is 4.79 Å². The molecular weight excluding hydrogens is 256 g/mol. The number of amides is 1. The van der Waals surface area contributed by atoms with Crippen LogP contribution in [0.25, 0.3) is 0 Å². The molecule has 5 heteroatoms. The molecule has 3 N–H and O–H groups in total. The molecule has 0 saturated carbocycles. The maximum absolute atomic E-state index is 11.6. The molecule has 0 aliphatic carbocycles. The number of nitrogens with two attached hydrogens (primary N) is 1. The van der Waals surface area contributed by atoms with Gasteiger partial charge in [-0.25, -0.2) is 0 Å². The van der Waals surface area contributed by atoms with E-state index >= 15 is 0 Å². The first-order valence-electron chi connectivity index (χ1n) is 5.70. The van der Waals surface area contributed by atoms with E-state index in [0.717, 1.165) is 12.8 Å². The highest BCUT2D eigenvalue weighted by molar-refractivity contribution is 7.09. The van der Waals surface area contributed by atoms with Crippen LogP contribution in [0.15, 0.2) is 17.5 Å². The maximum Gasteiger partial charge on any atom is 0.237 e. The van der Waals surface area contributed by atoms with E-state index in [1.807, 2.05) is 25.3 Å². The van der Waals surface area contributed by atoms with Crippen LogP contribution in [0.2, 0.25) is 0 Å². The Labute approximate surface area is 113 Å². The molecule has 0 fully saturated rings. The first-order chi connectivity index (χ1) is 7.65. The second kappa shape index (κ2) is 8.50. The highest BCUT2D eigenvalue weighted by Gasteiger charge is 2.18. The van der Waals surface area contributed by atoms with E-state index in [4.69, 9.17) is 5.73 Å². The molecule has 0 spiro atoms. The van der Waals surface area contributed by atoms with Gasteiger partial charge in [-0.05, 0) is 23.8 Å². The molecule has 0 bridgehead atoms. The first-order valence-corrected chi connectivity index (χ1v) is 6.58. The summed E-state index contributed by atoms with van der Waals surface area (Å²) in [6.07, 6.45) is 1.82. The number of nitrogens with one attached hydrogen (secondary N) is 1. The third kappa shape index (κ3) is 5.52. The Balaban J connectivity index is 0.00000256. The fraction of sp³-hybridized carbons (Fsp3) is 0.583. The molecule has 0 aliphatic heterocycles. The summed E-state index contributed by atoms with van der Waals surface area (Å²) >= 11 is 1.71. The molecule has 1 aromatic heterocycles. The van der Waals surface area contributed by atoms with Crippen molar-refractivity contribution in [2.75, 3.05) is 6.54 Å². The Bertz CT molecular complexity index is 316. The van der Waals surface area contributed by atoms with E-state index in [-0.39, 0.29) is 30.3 Å². The zero-order valence-electron chi connectivity index (χ0n) is 10.3. The summed E-state index contributed by atoms with van der Waals surface area (Å²) in [6.45, 7) is 4.72. The van der Waals surface area contributed by atoms with Gasteiger partial charge in [-0.1, -0.05) is 26.3 Å². The normalized spacial score (nSPS) is 13.6. The lowest BCUT2D eigenvalue weighted by Gasteiger charge is -2.17. The summed E-state index contributed by atoms with van der Waals surface area (Å²) < 4.78 is 0. The first kappa shape index (κ1) is 16.4. The van der Waals surface area contributed by atoms with Crippen molar-refractivity contribution in [3.63, 3.8) is 0 Å². The van der Waals surface area contributed by atoms with Crippen molar-refractivity contribution >= 4 is 29.7 Å². The van der Waals surface area contributed by atoms with Crippen molar-refractivity contribution in [3.05, 3.63) is 22.4 Å². The fourth-order valence-corrected chi connectivity index (χ4v) is 2.10. The van der Waals surface area contributed by atoms with E-state index in [1.54, 1.807) is 11.3 Å². The summed E-state index contributed by atoms with van der Waals surface area (Å²) in [7, 11) is 0. The van der Waals surface area contributed by atoms with Crippen LogP contribution < -0.4 is 11.1 Å². The van der Waals surface area contributed by atoms with Crippen LogP contribution in [-0.4, -0.2) is 18.5 Å². The molecule has 2 atom stereocenters. The van der Waals surface area contributed by atoms with Crippen molar-refractivity contribution in [2.45, 2.75) is 32.7 Å². The van der Waals surface area contributed by atoms with Gasteiger partial charge in [0, 0.05) is 11.4 Å². The van der Waals surface area contributed by atoms with E-state index < -0.39 is 0 Å². The van der Waals surface area contributed by atoms with Gasteiger partial charge in [0.15, 0.2) is 0 Å². The molecule has 0 aromatic carbocycles. The van der Waals surface area contributed by atoms with Gasteiger partial charge >= 0.3 is 0 Å². The molecule has 2 unspecified atom stereocenters. The molecule has 98 valence electrons. The predicted molar refractivity (Wildman–Crippen MR) is 75.7 cm³/mol. The highest BCUT2D eigenvalue weighted by Crippen LogP contribution is 2.08. The van der Waals surface area contributed by atoms with Crippen LogP contribution in [-0.2, 0) is 11.2 Å². The largest absolute Gasteiger partial charge is 0.354 e. The van der Waals surface area contributed by atoms with Crippen molar-refractivity contribution in [1.82, 2.24) is 5.32 Å². The van der Waals surface area contributed by atoms with Crippen LogP contribution in [0.3, 0.4) is 0 Å². The van der Waals surface area contributed by atoms with Crippen molar-refractivity contribution in [2.24, 2.45) is 11.7 Å². The zero-order chi connectivity index (χ0) is 12.0. The molecule has 1 rings (SSSR count). The van der Waals surface area contributed by atoms with Crippen LogP contribution in [0.4, 0.5) is 0 Å². The fourth-order valence-electron chi connectivity index (χ4n) is 1.39. The topological polar surface area (TPSA) is 55.1 Å². The van der Waals surface area contributed by atoms with Crippen LogP contribution in [0.5, 0.6) is 0 Å². The average molecular weight is 277 g/mol. The Hall–Kier alpha value is -0.580. The Morgan fingerprint density at radius 2 is 2.29 bits per heavy atom. The number of thiophene rings is 1. The summed E-state index contributed by atoms with van der Waals surface area (Å²) in [4.78, 5) is 12.9. The van der Waals surface area contributed by atoms with Crippen LogP contribution >= 0.6 is 23.7 Å². The van der Waals surface area contributed by atoms with Crippen molar-refractivity contribution in [3.8, 4) is 0 Å². The monoisotopic (exact) mass is 276 g/mol. The third-order valence-corrected chi connectivity index (χ3v) is 3.75. The molecule has 1 aromatic rings. The van der Waals surface area contributed by atoms with Crippen LogP contribution in [0.1, 0.15) is 25.1 Å². The van der Waals surface area contributed by atoms with Gasteiger partial charge < -0.3 is 11.1 Å². The minimum Gasteiger partial charge on any atom is -0.354 e. The van der Waals surface area contributed by atoms with Gasteiger partial charge in [0.25, 0.3) is 0 Å². The number of hydrogen-bond donors (Lipinski definition) is 2. The summed E-state index contributed by atoms with van der Waals surface area (Å²) in [5, 5.41) is 4.92. The van der Waals surface area contributed by atoms with E-state index in [0.29, 0.717) is 6.54 Å². The minimum atomic E-state index is -0.381. The van der Waals surface area contributed by atoms with Gasteiger partial charge in [0.05, 0.1) is 6.04 Å². The second-order valence-electron chi connectivity index (χ2n) is 4.03. The number of carbonyl (C=O) groups excluding carboxylic acids is 1. The molecular formula is C12H21ClN2OS. The predicted octanol–water partition coefficient (Wildman–Crippen LogP) is 2.20. The molecule has 0 saturated heterocycles. The standard InChI is InChI=1S/C12H20N2OS.ClH/c1-3-9(2)11(13)12(15)14-7-6-10-5-4-8-16-10;/h4-5,8-9,11H,3,6-7,13H2,1-2H3,(H,14,15);1H. The van der Waals surface area contributed by atoms with Crippen molar-refractivity contribution in [1.29, 1.82) is 0 Å².